The van der Waals surface area contributed by atoms with Crippen LogP contribution in [0.2, 0.25) is 10.0 Å². The summed E-state index contributed by atoms with van der Waals surface area (Å²) in [7, 11) is 3.39. The van der Waals surface area contributed by atoms with Crippen LogP contribution in [0.15, 0.2) is 36.4 Å². The molecular formula is C26H33Cl2N3O3. The Hall–Kier alpha value is -2.44. The Morgan fingerprint density at radius 2 is 1.65 bits per heavy atom. The molecule has 2 aromatic rings. The van der Waals surface area contributed by atoms with Crippen molar-refractivity contribution >= 4 is 40.9 Å². The van der Waals surface area contributed by atoms with E-state index in [0.717, 1.165) is 23.2 Å². The highest BCUT2D eigenvalue weighted by atomic mass is 35.5. The molecule has 0 aliphatic carbocycles. The van der Waals surface area contributed by atoms with Gasteiger partial charge in [-0.1, -0.05) is 42.3 Å². The Labute approximate surface area is 212 Å². The minimum absolute atomic E-state index is 0.0416. The maximum atomic E-state index is 12.7. The molecule has 184 valence electrons. The van der Waals surface area contributed by atoms with E-state index in [1.165, 1.54) is 4.90 Å². The Morgan fingerprint density at radius 3 is 2.18 bits per heavy atom. The van der Waals surface area contributed by atoms with Crippen molar-refractivity contribution < 1.29 is 14.3 Å². The number of carbonyl (C=O) groups is 2. The van der Waals surface area contributed by atoms with Crippen molar-refractivity contribution in [3.8, 4) is 11.1 Å². The molecule has 1 aliphatic heterocycles. The third-order valence-electron chi connectivity index (χ3n) is 5.81. The Bertz CT molecular complexity index is 1070. The molecule has 1 heterocycles. The molecule has 8 heteroatoms. The predicted octanol–water partition coefficient (Wildman–Crippen LogP) is 6.20. The fraction of sp³-hybridized carbons (Fsp3) is 0.462. The van der Waals surface area contributed by atoms with Crippen molar-refractivity contribution in [2.75, 3.05) is 38.6 Å². The average Bonchev–Trinajstić information content (AvgIpc) is 2.76. The fourth-order valence-electron chi connectivity index (χ4n) is 4.04. The first-order valence-corrected chi connectivity index (χ1v) is 12.2. The summed E-state index contributed by atoms with van der Waals surface area (Å²) in [5.41, 5.74) is 2.67. The average molecular weight is 506 g/mol. The van der Waals surface area contributed by atoms with Crippen molar-refractivity contribution in [2.45, 2.75) is 45.8 Å². The van der Waals surface area contributed by atoms with Crippen LogP contribution >= 0.6 is 23.2 Å². The van der Waals surface area contributed by atoms with Gasteiger partial charge in [0.15, 0.2) is 0 Å². The summed E-state index contributed by atoms with van der Waals surface area (Å²) < 4.78 is 5.59. The van der Waals surface area contributed by atoms with Crippen LogP contribution in [0, 0.1) is 0 Å². The summed E-state index contributed by atoms with van der Waals surface area (Å²) in [6.45, 7) is 9.63. The zero-order valence-corrected chi connectivity index (χ0v) is 22.2. The maximum absolute atomic E-state index is 12.7. The minimum atomic E-state index is -0.521. The van der Waals surface area contributed by atoms with Gasteiger partial charge in [0.25, 0.3) is 5.91 Å². The lowest BCUT2D eigenvalue weighted by molar-refractivity contribution is 0.0136. The predicted molar refractivity (Wildman–Crippen MR) is 139 cm³/mol. The summed E-state index contributed by atoms with van der Waals surface area (Å²) >= 11 is 13.1. The first-order valence-electron chi connectivity index (χ1n) is 11.5. The van der Waals surface area contributed by atoms with E-state index in [-0.39, 0.29) is 18.0 Å². The number of halogens is 2. The molecular weight excluding hydrogens is 473 g/mol. The molecule has 0 spiro atoms. The van der Waals surface area contributed by atoms with Crippen molar-refractivity contribution in [1.82, 2.24) is 9.80 Å². The van der Waals surface area contributed by atoms with Crippen LogP contribution in [-0.2, 0) is 4.74 Å². The van der Waals surface area contributed by atoms with E-state index in [0.29, 0.717) is 35.2 Å². The third kappa shape index (κ3) is 5.97. The smallest absolute Gasteiger partial charge is 0.410 e. The van der Waals surface area contributed by atoms with E-state index in [9.17, 15) is 9.59 Å². The van der Waals surface area contributed by atoms with Crippen LogP contribution < -0.4 is 4.90 Å². The number of nitrogens with zero attached hydrogens (tertiary/aromatic N) is 3. The van der Waals surface area contributed by atoms with Gasteiger partial charge in [0.1, 0.15) is 5.60 Å². The number of piperazine rings is 1. The summed E-state index contributed by atoms with van der Waals surface area (Å²) in [5, 5.41) is 1.03. The molecule has 1 fully saturated rings. The molecule has 0 saturated carbocycles. The summed E-state index contributed by atoms with van der Waals surface area (Å²) in [4.78, 5) is 30.4. The molecule has 2 aromatic carbocycles. The Kier molecular flexibility index (Phi) is 8.04. The molecule has 1 aliphatic rings. The van der Waals surface area contributed by atoms with E-state index in [2.05, 4.69) is 11.8 Å². The lowest BCUT2D eigenvalue weighted by atomic mass is 10.0. The van der Waals surface area contributed by atoms with E-state index < -0.39 is 5.60 Å². The topological polar surface area (TPSA) is 53.1 Å². The van der Waals surface area contributed by atoms with Crippen molar-refractivity contribution in [2.24, 2.45) is 0 Å². The van der Waals surface area contributed by atoms with Gasteiger partial charge >= 0.3 is 6.09 Å². The van der Waals surface area contributed by atoms with Crippen LogP contribution in [0.4, 0.5) is 10.5 Å². The molecule has 1 unspecified atom stereocenters. The molecule has 0 radical (unpaired) electrons. The van der Waals surface area contributed by atoms with Gasteiger partial charge in [-0.05, 0) is 62.6 Å². The number of amides is 2. The highest BCUT2D eigenvalue weighted by Gasteiger charge is 2.33. The van der Waals surface area contributed by atoms with E-state index >= 15 is 0 Å². The van der Waals surface area contributed by atoms with Crippen molar-refractivity contribution in [1.29, 1.82) is 0 Å². The molecule has 34 heavy (non-hydrogen) atoms. The molecule has 0 bridgehead atoms. The van der Waals surface area contributed by atoms with E-state index in [1.54, 1.807) is 26.2 Å². The molecule has 1 saturated heterocycles. The normalized spacial score (nSPS) is 16.4. The van der Waals surface area contributed by atoms with Gasteiger partial charge in [-0.15, -0.1) is 0 Å². The monoisotopic (exact) mass is 505 g/mol. The highest BCUT2D eigenvalue weighted by Crippen LogP contribution is 2.34. The standard InChI is InChI=1S/C26H33Cl2N3O3/c1-7-19-16-30(12-13-31(19)25(33)34-26(2,3)4)23-11-9-18(15-22(23)28)17-8-10-20(21(27)14-17)24(32)29(5)6/h8-11,14-15,19H,7,12-13,16H2,1-6H3. The largest absolute Gasteiger partial charge is 0.444 e. The number of anilines is 1. The summed E-state index contributed by atoms with van der Waals surface area (Å²) in [6.07, 6.45) is 0.552. The molecule has 0 aromatic heterocycles. The molecule has 3 rings (SSSR count). The first-order chi connectivity index (χ1) is 15.9. The Morgan fingerprint density at radius 1 is 1.03 bits per heavy atom. The Balaban J connectivity index is 1.78. The molecule has 6 nitrogen and oxygen atoms in total. The zero-order chi connectivity index (χ0) is 25.2. The lowest BCUT2D eigenvalue weighted by Gasteiger charge is -2.42. The lowest BCUT2D eigenvalue weighted by Crippen LogP contribution is -2.56. The quantitative estimate of drug-likeness (QED) is 0.496. The van der Waals surface area contributed by atoms with Gasteiger partial charge in [0.2, 0.25) is 0 Å². The van der Waals surface area contributed by atoms with Crippen LogP contribution in [0.5, 0.6) is 0 Å². The van der Waals surface area contributed by atoms with Gasteiger partial charge in [-0.2, -0.15) is 0 Å². The maximum Gasteiger partial charge on any atom is 0.410 e. The number of benzene rings is 2. The van der Waals surface area contributed by atoms with Gasteiger partial charge in [0.05, 0.1) is 27.3 Å². The van der Waals surface area contributed by atoms with Crippen LogP contribution in [-0.4, -0.2) is 67.2 Å². The van der Waals surface area contributed by atoms with Gasteiger partial charge < -0.3 is 19.4 Å². The van der Waals surface area contributed by atoms with Crippen LogP contribution in [0.1, 0.15) is 44.5 Å². The molecule has 2 amide bonds. The van der Waals surface area contributed by atoms with Crippen molar-refractivity contribution in [3.05, 3.63) is 52.0 Å². The van der Waals surface area contributed by atoms with Crippen LogP contribution in [0.3, 0.4) is 0 Å². The fourth-order valence-corrected chi connectivity index (χ4v) is 4.60. The summed E-state index contributed by atoms with van der Waals surface area (Å²) in [5.74, 6) is -0.138. The number of ether oxygens (including phenoxy) is 1. The van der Waals surface area contributed by atoms with Crippen molar-refractivity contribution in [3.63, 3.8) is 0 Å². The molecule has 1 atom stereocenters. The van der Waals surface area contributed by atoms with Gasteiger partial charge in [0, 0.05) is 33.7 Å². The molecule has 0 N–H and O–H groups in total. The number of carbonyl (C=O) groups excluding carboxylic acids is 2. The second kappa shape index (κ2) is 10.4. The number of rotatable bonds is 4. The zero-order valence-electron chi connectivity index (χ0n) is 20.7. The van der Waals surface area contributed by atoms with Gasteiger partial charge in [-0.3, -0.25) is 4.79 Å². The second-order valence-electron chi connectivity index (χ2n) is 9.74. The first kappa shape index (κ1) is 26.2. The third-order valence-corrected chi connectivity index (χ3v) is 6.42. The number of hydrogen-bond acceptors (Lipinski definition) is 4. The highest BCUT2D eigenvalue weighted by molar-refractivity contribution is 6.34. The van der Waals surface area contributed by atoms with E-state index in [4.69, 9.17) is 27.9 Å². The van der Waals surface area contributed by atoms with E-state index in [1.807, 2.05) is 49.9 Å². The van der Waals surface area contributed by atoms with Crippen LogP contribution in [0.25, 0.3) is 11.1 Å². The van der Waals surface area contributed by atoms with Gasteiger partial charge in [-0.25, -0.2) is 4.79 Å². The second-order valence-corrected chi connectivity index (χ2v) is 10.6. The number of hydrogen-bond donors (Lipinski definition) is 0. The SMILES string of the molecule is CCC1CN(c2ccc(-c3ccc(C(=O)N(C)C)c(Cl)c3)cc2Cl)CCN1C(=O)OC(C)(C)C. The minimum Gasteiger partial charge on any atom is -0.444 e. The summed E-state index contributed by atoms with van der Waals surface area (Å²) in [6, 6.07) is 11.4.